The molecule has 0 aliphatic carbocycles. The second-order valence-corrected chi connectivity index (χ2v) is 4.34. The molecule has 0 aromatic rings. The minimum Gasteiger partial charge on any atom is -0.465 e. The maximum Gasteiger partial charge on any atom is 0.320 e. The van der Waals surface area contributed by atoms with E-state index >= 15 is 0 Å². The fourth-order valence-electron chi connectivity index (χ4n) is 1.36. The number of esters is 1. The zero-order chi connectivity index (χ0) is 11.8. The molecule has 3 heteroatoms. The summed E-state index contributed by atoms with van der Waals surface area (Å²) in [6, 6.07) is 0.392. The summed E-state index contributed by atoms with van der Waals surface area (Å²) < 4.78 is 4.96. The van der Waals surface area contributed by atoms with Crippen LogP contribution < -0.4 is 0 Å². The highest BCUT2D eigenvalue weighted by atomic mass is 16.5. The van der Waals surface area contributed by atoms with Crippen LogP contribution >= 0.6 is 0 Å². The molecule has 3 nitrogen and oxygen atoms in total. The molecule has 0 aromatic carbocycles. The second kappa shape index (κ2) is 7.69. The number of carbonyl (C=O) groups excluding carboxylic acids is 1. The molecule has 0 spiro atoms. The normalized spacial score (nSPS) is 13.3. The van der Waals surface area contributed by atoms with E-state index in [2.05, 4.69) is 32.6 Å². The molecule has 0 rings (SSSR count). The molecule has 90 valence electrons. The predicted octanol–water partition coefficient (Wildman–Crippen LogP) is 2.31. The Morgan fingerprint density at radius 2 is 1.87 bits per heavy atom. The van der Waals surface area contributed by atoms with Crippen molar-refractivity contribution in [1.29, 1.82) is 0 Å². The van der Waals surface area contributed by atoms with E-state index in [4.69, 9.17) is 4.74 Å². The van der Waals surface area contributed by atoms with Gasteiger partial charge in [0.1, 0.15) is 0 Å². The molecule has 0 aliphatic heterocycles. The standard InChI is InChI=1S/C12H25NO2/c1-6-11(5)8-13(10(3)4)9-12(14)15-7-2/h10-11H,6-9H2,1-5H3. The van der Waals surface area contributed by atoms with Gasteiger partial charge >= 0.3 is 5.97 Å². The molecule has 15 heavy (non-hydrogen) atoms. The zero-order valence-corrected chi connectivity index (χ0v) is 10.7. The van der Waals surface area contributed by atoms with Gasteiger partial charge in [0.05, 0.1) is 13.2 Å². The molecule has 0 radical (unpaired) electrons. The van der Waals surface area contributed by atoms with Gasteiger partial charge < -0.3 is 4.74 Å². The van der Waals surface area contributed by atoms with Crippen molar-refractivity contribution < 1.29 is 9.53 Å². The van der Waals surface area contributed by atoms with Gasteiger partial charge in [-0.25, -0.2) is 0 Å². The van der Waals surface area contributed by atoms with E-state index in [0.29, 0.717) is 25.1 Å². The number of nitrogens with zero attached hydrogens (tertiary/aromatic N) is 1. The highest BCUT2D eigenvalue weighted by molar-refractivity contribution is 5.71. The Morgan fingerprint density at radius 3 is 2.27 bits per heavy atom. The summed E-state index contributed by atoms with van der Waals surface area (Å²) in [5.74, 6) is 0.510. The average Bonchev–Trinajstić information content (AvgIpc) is 2.16. The maximum atomic E-state index is 11.4. The molecule has 0 saturated carbocycles. The lowest BCUT2D eigenvalue weighted by Crippen LogP contribution is -2.39. The van der Waals surface area contributed by atoms with Gasteiger partial charge in [-0.1, -0.05) is 20.3 Å². The Hall–Kier alpha value is -0.570. The first-order chi connectivity index (χ1) is 7.01. The Morgan fingerprint density at radius 1 is 1.27 bits per heavy atom. The van der Waals surface area contributed by atoms with E-state index in [9.17, 15) is 4.79 Å². The topological polar surface area (TPSA) is 29.5 Å². The summed E-state index contributed by atoms with van der Waals surface area (Å²) in [5, 5.41) is 0. The Balaban J connectivity index is 4.09. The highest BCUT2D eigenvalue weighted by Crippen LogP contribution is 2.07. The summed E-state index contributed by atoms with van der Waals surface area (Å²) in [4.78, 5) is 13.5. The van der Waals surface area contributed by atoms with Crippen LogP contribution in [0.25, 0.3) is 0 Å². The molecule has 0 fully saturated rings. The van der Waals surface area contributed by atoms with Gasteiger partial charge in [0.2, 0.25) is 0 Å². The number of ether oxygens (including phenoxy) is 1. The Labute approximate surface area is 93.8 Å². The van der Waals surface area contributed by atoms with Crippen LogP contribution in [0.5, 0.6) is 0 Å². The van der Waals surface area contributed by atoms with Crippen molar-refractivity contribution in [1.82, 2.24) is 4.90 Å². The van der Waals surface area contributed by atoms with Gasteiger partial charge in [-0.2, -0.15) is 0 Å². The van der Waals surface area contributed by atoms with Gasteiger partial charge in [0.25, 0.3) is 0 Å². The predicted molar refractivity (Wildman–Crippen MR) is 62.8 cm³/mol. The number of hydrogen-bond donors (Lipinski definition) is 0. The minimum absolute atomic E-state index is 0.116. The third-order valence-corrected chi connectivity index (χ3v) is 2.61. The van der Waals surface area contributed by atoms with Gasteiger partial charge in [-0.05, 0) is 26.7 Å². The van der Waals surface area contributed by atoms with Crippen LogP contribution in [0.4, 0.5) is 0 Å². The molecule has 1 atom stereocenters. The van der Waals surface area contributed by atoms with Crippen molar-refractivity contribution in [2.45, 2.75) is 47.1 Å². The van der Waals surface area contributed by atoms with Crippen LogP contribution in [0.15, 0.2) is 0 Å². The fourth-order valence-corrected chi connectivity index (χ4v) is 1.36. The van der Waals surface area contributed by atoms with Crippen LogP contribution in [0.2, 0.25) is 0 Å². The SMILES string of the molecule is CCOC(=O)CN(CC(C)CC)C(C)C. The first-order valence-corrected chi connectivity index (χ1v) is 5.90. The van der Waals surface area contributed by atoms with Crippen LogP contribution in [0.1, 0.15) is 41.0 Å². The third kappa shape index (κ3) is 6.50. The Bertz CT molecular complexity index is 180. The average molecular weight is 215 g/mol. The lowest BCUT2D eigenvalue weighted by molar-refractivity contribution is -0.145. The molecule has 0 saturated heterocycles. The molecular weight excluding hydrogens is 190 g/mol. The van der Waals surface area contributed by atoms with E-state index in [0.717, 1.165) is 13.0 Å². The number of rotatable bonds is 7. The van der Waals surface area contributed by atoms with E-state index in [1.807, 2.05) is 6.92 Å². The van der Waals surface area contributed by atoms with E-state index in [1.54, 1.807) is 0 Å². The molecule has 0 aliphatic rings. The first kappa shape index (κ1) is 14.4. The van der Waals surface area contributed by atoms with E-state index < -0.39 is 0 Å². The van der Waals surface area contributed by atoms with E-state index in [1.165, 1.54) is 0 Å². The summed E-state index contributed by atoms with van der Waals surface area (Å²) >= 11 is 0. The van der Waals surface area contributed by atoms with Crippen molar-refractivity contribution in [2.75, 3.05) is 19.7 Å². The molecule has 0 bridgehead atoms. The van der Waals surface area contributed by atoms with Crippen molar-refractivity contribution in [3.63, 3.8) is 0 Å². The van der Waals surface area contributed by atoms with Gasteiger partial charge in [-0.3, -0.25) is 9.69 Å². The molecular formula is C12H25NO2. The van der Waals surface area contributed by atoms with Crippen LogP contribution in [-0.2, 0) is 9.53 Å². The number of carbonyl (C=O) groups is 1. The quantitative estimate of drug-likeness (QED) is 0.610. The lowest BCUT2D eigenvalue weighted by Gasteiger charge is -2.27. The maximum absolute atomic E-state index is 11.4. The fraction of sp³-hybridized carbons (Fsp3) is 0.917. The van der Waals surface area contributed by atoms with Crippen molar-refractivity contribution in [3.8, 4) is 0 Å². The molecule has 0 heterocycles. The summed E-state index contributed by atoms with van der Waals surface area (Å²) in [5.41, 5.74) is 0. The largest absolute Gasteiger partial charge is 0.465 e. The lowest BCUT2D eigenvalue weighted by atomic mass is 10.1. The molecule has 1 unspecified atom stereocenters. The van der Waals surface area contributed by atoms with Crippen molar-refractivity contribution >= 4 is 5.97 Å². The monoisotopic (exact) mass is 215 g/mol. The minimum atomic E-state index is -0.116. The second-order valence-electron chi connectivity index (χ2n) is 4.34. The molecule has 0 aromatic heterocycles. The van der Waals surface area contributed by atoms with Crippen LogP contribution in [0.3, 0.4) is 0 Å². The summed E-state index contributed by atoms with van der Waals surface area (Å²) in [6.45, 7) is 12.3. The zero-order valence-electron chi connectivity index (χ0n) is 10.7. The Kier molecular flexibility index (Phi) is 7.39. The van der Waals surface area contributed by atoms with Crippen LogP contribution in [0, 0.1) is 5.92 Å². The van der Waals surface area contributed by atoms with E-state index in [-0.39, 0.29) is 5.97 Å². The summed E-state index contributed by atoms with van der Waals surface area (Å²) in [7, 11) is 0. The third-order valence-electron chi connectivity index (χ3n) is 2.61. The first-order valence-electron chi connectivity index (χ1n) is 5.90. The highest BCUT2D eigenvalue weighted by Gasteiger charge is 2.16. The van der Waals surface area contributed by atoms with Crippen LogP contribution in [-0.4, -0.2) is 36.6 Å². The smallest absolute Gasteiger partial charge is 0.320 e. The number of hydrogen-bond acceptors (Lipinski definition) is 3. The van der Waals surface area contributed by atoms with Gasteiger partial charge in [-0.15, -0.1) is 0 Å². The molecule has 0 amide bonds. The van der Waals surface area contributed by atoms with Crippen molar-refractivity contribution in [2.24, 2.45) is 5.92 Å². The molecule has 0 N–H and O–H groups in total. The van der Waals surface area contributed by atoms with Crippen molar-refractivity contribution in [3.05, 3.63) is 0 Å². The summed E-state index contributed by atoms with van der Waals surface area (Å²) in [6.07, 6.45) is 1.14. The van der Waals surface area contributed by atoms with Gasteiger partial charge in [0.15, 0.2) is 0 Å². The van der Waals surface area contributed by atoms with Gasteiger partial charge in [0, 0.05) is 12.6 Å².